The topological polar surface area (TPSA) is 139 Å². The van der Waals surface area contributed by atoms with Gasteiger partial charge >= 0.3 is 0 Å². The highest BCUT2D eigenvalue weighted by Crippen LogP contribution is 2.32. The van der Waals surface area contributed by atoms with E-state index in [2.05, 4.69) is 30.8 Å². The summed E-state index contributed by atoms with van der Waals surface area (Å²) in [4.78, 5) is 8.62. The third-order valence-corrected chi connectivity index (χ3v) is 5.64. The number of halogens is 1. The molecule has 2 aromatic carbocycles. The van der Waals surface area contributed by atoms with E-state index < -0.39 is 9.84 Å². The van der Waals surface area contributed by atoms with Crippen LogP contribution in [0.3, 0.4) is 0 Å². The van der Waals surface area contributed by atoms with E-state index in [1.54, 1.807) is 24.4 Å². The van der Waals surface area contributed by atoms with Gasteiger partial charge in [0.25, 0.3) is 0 Å². The number of hydrogen-bond donors (Lipinski definition) is 4. The number of anilines is 5. The number of benzene rings is 2. The van der Waals surface area contributed by atoms with Gasteiger partial charge in [0, 0.05) is 17.3 Å². The number of nitrogen functional groups attached to an aromatic ring is 1. The highest BCUT2D eigenvalue weighted by molar-refractivity contribution is 7.90. The average molecular weight is 430 g/mol. The van der Waals surface area contributed by atoms with Crippen LogP contribution in [0, 0.1) is 0 Å². The lowest BCUT2D eigenvalue weighted by Crippen LogP contribution is -2.07. The fraction of sp³-hybridized carbons (Fsp3) is 0.0556. The van der Waals surface area contributed by atoms with Crippen molar-refractivity contribution in [3.05, 3.63) is 53.7 Å². The van der Waals surface area contributed by atoms with Crippen molar-refractivity contribution in [3.8, 4) is 0 Å². The molecule has 29 heavy (non-hydrogen) atoms. The van der Waals surface area contributed by atoms with E-state index in [0.29, 0.717) is 11.4 Å². The molecule has 2 heterocycles. The Balaban J connectivity index is 1.69. The molecule has 0 atom stereocenters. The molecule has 0 spiro atoms. The van der Waals surface area contributed by atoms with E-state index >= 15 is 0 Å². The van der Waals surface area contributed by atoms with E-state index in [4.69, 9.17) is 17.3 Å². The second-order valence-corrected chi connectivity index (χ2v) is 8.65. The van der Waals surface area contributed by atoms with Crippen LogP contribution < -0.4 is 16.4 Å². The first kappa shape index (κ1) is 19.0. The maximum atomic E-state index is 12.0. The number of nitrogens with two attached hydrogens (primary N) is 1. The molecule has 0 fully saturated rings. The van der Waals surface area contributed by atoms with Crippen molar-refractivity contribution in [2.45, 2.75) is 4.90 Å². The number of rotatable bonds is 5. The van der Waals surface area contributed by atoms with Gasteiger partial charge in [-0.15, -0.1) is 0 Å². The maximum Gasteiger partial charge on any atom is 0.231 e. The summed E-state index contributed by atoms with van der Waals surface area (Å²) in [5.41, 5.74) is 7.82. The molecule has 2 aromatic heterocycles. The molecule has 0 saturated carbocycles. The number of aromatic nitrogens is 4. The fourth-order valence-electron chi connectivity index (χ4n) is 2.77. The van der Waals surface area contributed by atoms with E-state index in [1.165, 1.54) is 6.07 Å². The lowest BCUT2D eigenvalue weighted by molar-refractivity contribution is 0.602. The first-order chi connectivity index (χ1) is 13.8. The highest BCUT2D eigenvalue weighted by Gasteiger charge is 2.16. The van der Waals surface area contributed by atoms with Crippen LogP contribution in [0.4, 0.5) is 29.0 Å². The largest absolute Gasteiger partial charge is 0.382 e. The number of hydrogen-bond acceptors (Lipinski definition) is 8. The molecule has 0 saturated heterocycles. The van der Waals surface area contributed by atoms with Crippen LogP contribution in [0.25, 0.3) is 10.9 Å². The third kappa shape index (κ3) is 3.93. The number of nitrogens with zero attached hydrogens (tertiary/aromatic N) is 3. The Morgan fingerprint density at radius 1 is 1.10 bits per heavy atom. The lowest BCUT2D eigenvalue weighted by atomic mass is 10.2. The van der Waals surface area contributed by atoms with Gasteiger partial charge in [-0.2, -0.15) is 15.1 Å². The molecule has 0 radical (unpaired) electrons. The van der Waals surface area contributed by atoms with Crippen molar-refractivity contribution in [3.63, 3.8) is 0 Å². The minimum absolute atomic E-state index is 0.0473. The molecule has 4 rings (SSSR count). The summed E-state index contributed by atoms with van der Waals surface area (Å²) >= 11 is 6.25. The van der Waals surface area contributed by atoms with Gasteiger partial charge in [0.1, 0.15) is 10.8 Å². The quantitative estimate of drug-likeness (QED) is 0.378. The van der Waals surface area contributed by atoms with Gasteiger partial charge in [0.2, 0.25) is 5.95 Å². The van der Waals surface area contributed by atoms with Crippen LogP contribution in [-0.4, -0.2) is 34.8 Å². The standard InChI is InChI=1S/C18H16ClN7O2S/c1-29(27,28)14-5-3-2-4-12(14)23-17-15(19)16(20)24-18(25-17)22-11-7-6-10-9-21-26-13(10)8-11/h2-9H,1H3,(H,21,26)(H4,20,22,23,24,25). The molecular weight excluding hydrogens is 414 g/mol. The van der Waals surface area contributed by atoms with Gasteiger partial charge in [0.05, 0.1) is 22.3 Å². The maximum absolute atomic E-state index is 12.0. The van der Waals surface area contributed by atoms with Crippen molar-refractivity contribution in [1.29, 1.82) is 0 Å². The smallest absolute Gasteiger partial charge is 0.231 e. The molecule has 0 aliphatic heterocycles. The first-order valence-electron chi connectivity index (χ1n) is 8.40. The molecule has 0 aliphatic rings. The summed E-state index contributed by atoms with van der Waals surface area (Å²) in [6, 6.07) is 12.0. The van der Waals surface area contributed by atoms with Crippen LogP contribution in [0.15, 0.2) is 53.6 Å². The number of nitrogens with one attached hydrogen (secondary N) is 3. The molecule has 0 unspecified atom stereocenters. The third-order valence-electron chi connectivity index (χ3n) is 4.11. The lowest BCUT2D eigenvalue weighted by Gasteiger charge is -2.14. The summed E-state index contributed by atoms with van der Waals surface area (Å²) in [6.45, 7) is 0. The molecule has 11 heteroatoms. The minimum atomic E-state index is -3.46. The number of fused-ring (bicyclic) bond motifs is 1. The summed E-state index contributed by atoms with van der Waals surface area (Å²) in [5.74, 6) is 0.427. The number of para-hydroxylation sites is 1. The first-order valence-corrected chi connectivity index (χ1v) is 10.7. The van der Waals surface area contributed by atoms with E-state index in [-0.39, 0.29) is 27.5 Å². The zero-order valence-electron chi connectivity index (χ0n) is 15.1. The van der Waals surface area contributed by atoms with Crippen LogP contribution in [0.2, 0.25) is 5.02 Å². The van der Waals surface area contributed by atoms with Gasteiger partial charge in [-0.05, 0) is 30.3 Å². The molecule has 0 amide bonds. The predicted octanol–water partition coefficient (Wildman–Crippen LogP) is 3.48. The molecule has 5 N–H and O–H groups in total. The van der Waals surface area contributed by atoms with Crippen molar-refractivity contribution in [2.24, 2.45) is 0 Å². The van der Waals surface area contributed by atoms with Crippen LogP contribution in [-0.2, 0) is 9.84 Å². The molecule has 0 aliphatic carbocycles. The Kier molecular flexibility index (Phi) is 4.73. The van der Waals surface area contributed by atoms with Gasteiger partial charge in [-0.3, -0.25) is 5.10 Å². The molecular formula is C18H16ClN7O2S. The Morgan fingerprint density at radius 2 is 1.90 bits per heavy atom. The molecule has 9 nitrogen and oxygen atoms in total. The van der Waals surface area contributed by atoms with Crippen LogP contribution in [0.1, 0.15) is 0 Å². The van der Waals surface area contributed by atoms with Crippen molar-refractivity contribution < 1.29 is 8.42 Å². The number of H-pyrrole nitrogens is 1. The van der Waals surface area contributed by atoms with Crippen LogP contribution >= 0.6 is 11.6 Å². The molecule has 0 bridgehead atoms. The van der Waals surface area contributed by atoms with Gasteiger partial charge in [0.15, 0.2) is 15.7 Å². The summed E-state index contributed by atoms with van der Waals surface area (Å²) in [5, 5.41) is 13.9. The summed E-state index contributed by atoms with van der Waals surface area (Å²) in [6.07, 6.45) is 2.85. The van der Waals surface area contributed by atoms with Crippen LogP contribution in [0.5, 0.6) is 0 Å². The Hall–Kier alpha value is -3.37. The van der Waals surface area contributed by atoms with Gasteiger partial charge < -0.3 is 16.4 Å². The Bertz CT molecular complexity index is 1320. The molecule has 148 valence electrons. The van der Waals surface area contributed by atoms with Crippen molar-refractivity contribution >= 4 is 61.3 Å². The minimum Gasteiger partial charge on any atom is -0.382 e. The second-order valence-electron chi connectivity index (χ2n) is 6.29. The Labute approximate surface area is 171 Å². The second kappa shape index (κ2) is 7.22. The van der Waals surface area contributed by atoms with E-state index in [1.807, 2.05) is 18.2 Å². The highest BCUT2D eigenvalue weighted by atomic mass is 35.5. The van der Waals surface area contributed by atoms with Gasteiger partial charge in [-0.25, -0.2) is 8.42 Å². The van der Waals surface area contributed by atoms with Gasteiger partial charge in [-0.1, -0.05) is 23.7 Å². The van der Waals surface area contributed by atoms with E-state index in [0.717, 1.165) is 17.2 Å². The predicted molar refractivity (Wildman–Crippen MR) is 114 cm³/mol. The summed E-state index contributed by atoms with van der Waals surface area (Å²) < 4.78 is 24.1. The normalized spacial score (nSPS) is 11.5. The zero-order valence-corrected chi connectivity index (χ0v) is 16.7. The monoisotopic (exact) mass is 429 g/mol. The number of sulfone groups is 1. The fourth-order valence-corrected chi connectivity index (χ4v) is 3.74. The van der Waals surface area contributed by atoms with Crippen molar-refractivity contribution in [2.75, 3.05) is 22.6 Å². The Morgan fingerprint density at radius 3 is 2.69 bits per heavy atom. The molecule has 4 aromatic rings. The average Bonchev–Trinajstić information content (AvgIpc) is 3.13. The number of aromatic amines is 1. The zero-order chi connectivity index (χ0) is 20.6. The SMILES string of the molecule is CS(=O)(=O)c1ccccc1Nc1nc(Nc2ccc3cn[nH]c3c2)nc(N)c1Cl. The van der Waals surface area contributed by atoms with E-state index in [9.17, 15) is 8.42 Å². The van der Waals surface area contributed by atoms with Crippen molar-refractivity contribution in [1.82, 2.24) is 20.2 Å². The summed E-state index contributed by atoms with van der Waals surface area (Å²) in [7, 11) is -3.46.